The Balaban J connectivity index is 2.05. The first-order valence-corrected chi connectivity index (χ1v) is 8.35. The number of aliphatic hydroxyl groups is 1. The minimum absolute atomic E-state index is 0.0642. The van der Waals surface area contributed by atoms with Gasteiger partial charge in [-0.25, -0.2) is 4.79 Å². The zero-order valence-electron chi connectivity index (χ0n) is 13.9. The van der Waals surface area contributed by atoms with Crippen LogP contribution in [0.4, 0.5) is 5.69 Å². The van der Waals surface area contributed by atoms with E-state index in [4.69, 9.17) is 9.15 Å². The number of carbonyl (C=O) groups is 1. The van der Waals surface area contributed by atoms with Crippen LogP contribution in [0.1, 0.15) is 35.8 Å². The number of aliphatic hydroxyl groups excluding tert-OH is 1. The van der Waals surface area contributed by atoms with E-state index in [2.05, 4.69) is 0 Å². The standard InChI is InChI=1S/C19H23NO4/c1-23-19(22)17(18-16-10-6-5-7-14(16)13-24-18)20(11-12-21)15-8-3-2-4-9-15/h2-4,8-9,13,17,21H,5-7,10-12H2,1H3. The number of ether oxygens (including phenoxy) is 1. The van der Waals surface area contributed by atoms with Crippen LogP contribution in [-0.2, 0) is 22.4 Å². The Morgan fingerprint density at radius 2 is 2.04 bits per heavy atom. The Morgan fingerprint density at radius 1 is 1.29 bits per heavy atom. The van der Waals surface area contributed by atoms with Crippen molar-refractivity contribution in [2.24, 2.45) is 0 Å². The molecule has 1 aliphatic carbocycles. The third kappa shape index (κ3) is 3.17. The minimum atomic E-state index is -0.689. The van der Waals surface area contributed by atoms with E-state index in [0.29, 0.717) is 12.3 Å². The Morgan fingerprint density at radius 3 is 2.75 bits per heavy atom. The number of benzene rings is 1. The fourth-order valence-corrected chi connectivity index (χ4v) is 3.40. The Labute approximate surface area is 141 Å². The Bertz CT molecular complexity index is 680. The molecule has 0 radical (unpaired) electrons. The van der Waals surface area contributed by atoms with Crippen molar-refractivity contribution < 1.29 is 19.1 Å². The van der Waals surface area contributed by atoms with E-state index in [-0.39, 0.29) is 12.6 Å². The molecule has 0 fully saturated rings. The normalized spacial score (nSPS) is 14.8. The lowest BCUT2D eigenvalue weighted by atomic mass is 9.91. The molecular formula is C19H23NO4. The highest BCUT2D eigenvalue weighted by atomic mass is 16.5. The molecule has 1 atom stereocenters. The van der Waals surface area contributed by atoms with E-state index in [1.165, 1.54) is 12.7 Å². The molecule has 1 unspecified atom stereocenters. The summed E-state index contributed by atoms with van der Waals surface area (Å²) in [4.78, 5) is 14.4. The van der Waals surface area contributed by atoms with Gasteiger partial charge in [-0.15, -0.1) is 0 Å². The molecule has 3 rings (SSSR count). The Hall–Kier alpha value is -2.27. The largest absolute Gasteiger partial charge is 0.467 e. The second-order valence-electron chi connectivity index (χ2n) is 5.99. The van der Waals surface area contributed by atoms with Crippen LogP contribution in [0.5, 0.6) is 0 Å². The van der Waals surface area contributed by atoms with Crippen molar-refractivity contribution in [1.29, 1.82) is 0 Å². The van der Waals surface area contributed by atoms with Crippen molar-refractivity contribution in [3.05, 3.63) is 53.5 Å². The summed E-state index contributed by atoms with van der Waals surface area (Å²) in [6.07, 6.45) is 5.91. The van der Waals surface area contributed by atoms with Gasteiger partial charge in [0.1, 0.15) is 5.76 Å². The average Bonchev–Trinajstić information content (AvgIpc) is 3.06. The smallest absolute Gasteiger partial charge is 0.336 e. The monoisotopic (exact) mass is 329 g/mol. The van der Waals surface area contributed by atoms with Gasteiger partial charge in [-0.2, -0.15) is 0 Å². The number of aryl methyl sites for hydroxylation is 1. The van der Waals surface area contributed by atoms with Gasteiger partial charge < -0.3 is 19.2 Å². The third-order valence-electron chi connectivity index (χ3n) is 4.55. The van der Waals surface area contributed by atoms with Crippen molar-refractivity contribution in [3.8, 4) is 0 Å². The second-order valence-corrected chi connectivity index (χ2v) is 5.99. The van der Waals surface area contributed by atoms with Crippen molar-refractivity contribution in [2.75, 3.05) is 25.2 Å². The van der Waals surface area contributed by atoms with Crippen LogP contribution >= 0.6 is 0 Å². The predicted octanol–water partition coefficient (Wildman–Crippen LogP) is 2.87. The molecule has 0 amide bonds. The Kier molecular flexibility index (Phi) is 5.20. The van der Waals surface area contributed by atoms with Gasteiger partial charge in [0.2, 0.25) is 0 Å². The summed E-state index contributed by atoms with van der Waals surface area (Å²) in [5.74, 6) is 0.267. The van der Waals surface area contributed by atoms with Gasteiger partial charge in [0.05, 0.1) is 20.0 Å². The first-order valence-electron chi connectivity index (χ1n) is 8.35. The van der Waals surface area contributed by atoms with Gasteiger partial charge in [0, 0.05) is 12.2 Å². The highest BCUT2D eigenvalue weighted by Gasteiger charge is 2.35. The summed E-state index contributed by atoms with van der Waals surface area (Å²) < 4.78 is 10.9. The van der Waals surface area contributed by atoms with Crippen LogP contribution in [0.2, 0.25) is 0 Å². The van der Waals surface area contributed by atoms with Gasteiger partial charge in [-0.1, -0.05) is 18.2 Å². The highest BCUT2D eigenvalue weighted by Crippen LogP contribution is 2.35. The number of esters is 1. The summed E-state index contributed by atoms with van der Waals surface area (Å²) >= 11 is 0. The van der Waals surface area contributed by atoms with E-state index in [9.17, 15) is 9.90 Å². The van der Waals surface area contributed by atoms with Crippen molar-refractivity contribution in [1.82, 2.24) is 0 Å². The van der Waals surface area contributed by atoms with Crippen LogP contribution in [0.3, 0.4) is 0 Å². The van der Waals surface area contributed by atoms with Crippen molar-refractivity contribution >= 4 is 11.7 Å². The zero-order chi connectivity index (χ0) is 16.9. The van der Waals surface area contributed by atoms with Gasteiger partial charge in [-0.3, -0.25) is 0 Å². The van der Waals surface area contributed by atoms with E-state index in [1.54, 1.807) is 6.26 Å². The summed E-state index contributed by atoms with van der Waals surface area (Å²) in [5, 5.41) is 9.51. The van der Waals surface area contributed by atoms with E-state index < -0.39 is 6.04 Å². The summed E-state index contributed by atoms with van der Waals surface area (Å²) in [7, 11) is 1.38. The molecular weight excluding hydrogens is 306 g/mol. The topological polar surface area (TPSA) is 62.9 Å². The maximum atomic E-state index is 12.6. The van der Waals surface area contributed by atoms with E-state index >= 15 is 0 Å². The first kappa shape index (κ1) is 16.6. The third-order valence-corrected chi connectivity index (χ3v) is 4.55. The summed E-state index contributed by atoms with van der Waals surface area (Å²) in [6.45, 7) is 0.255. The maximum absolute atomic E-state index is 12.6. The molecule has 128 valence electrons. The molecule has 5 heteroatoms. The van der Waals surface area contributed by atoms with E-state index in [1.807, 2.05) is 35.2 Å². The number of hydrogen-bond donors (Lipinski definition) is 1. The molecule has 1 heterocycles. The number of para-hydroxylation sites is 1. The minimum Gasteiger partial charge on any atom is -0.467 e. The first-order chi connectivity index (χ1) is 11.8. The SMILES string of the molecule is COC(=O)C(c1occ2c1CCCC2)N(CCO)c1ccccc1. The predicted molar refractivity (Wildman–Crippen MR) is 91.0 cm³/mol. The van der Waals surface area contributed by atoms with Crippen molar-refractivity contribution in [2.45, 2.75) is 31.7 Å². The van der Waals surface area contributed by atoms with Gasteiger partial charge >= 0.3 is 5.97 Å². The summed E-state index contributed by atoms with van der Waals surface area (Å²) in [5.41, 5.74) is 3.15. The lowest BCUT2D eigenvalue weighted by molar-refractivity contribution is -0.142. The number of furan rings is 1. The number of carbonyl (C=O) groups excluding carboxylic acids is 1. The van der Waals surface area contributed by atoms with Gasteiger partial charge in [-0.05, 0) is 48.9 Å². The second kappa shape index (κ2) is 7.53. The zero-order valence-corrected chi connectivity index (χ0v) is 13.9. The number of nitrogens with zero attached hydrogens (tertiary/aromatic N) is 1. The number of anilines is 1. The molecule has 0 saturated heterocycles. The summed E-state index contributed by atoms with van der Waals surface area (Å²) in [6, 6.07) is 8.88. The highest BCUT2D eigenvalue weighted by molar-refractivity contribution is 5.81. The molecule has 5 nitrogen and oxygen atoms in total. The molecule has 0 aliphatic heterocycles. The molecule has 1 aromatic heterocycles. The fraction of sp³-hybridized carbons (Fsp3) is 0.421. The molecule has 24 heavy (non-hydrogen) atoms. The molecule has 2 aromatic rings. The van der Waals surface area contributed by atoms with Gasteiger partial charge in [0.25, 0.3) is 0 Å². The maximum Gasteiger partial charge on any atom is 0.336 e. The van der Waals surface area contributed by atoms with Gasteiger partial charge in [0.15, 0.2) is 6.04 Å². The molecule has 1 aliphatic rings. The lowest BCUT2D eigenvalue weighted by Crippen LogP contribution is -2.37. The quantitative estimate of drug-likeness (QED) is 0.826. The van der Waals surface area contributed by atoms with Crippen LogP contribution in [-0.4, -0.2) is 31.3 Å². The number of methoxy groups -OCH3 is 1. The number of hydrogen-bond acceptors (Lipinski definition) is 5. The number of fused-ring (bicyclic) bond motifs is 1. The average molecular weight is 329 g/mol. The van der Waals surface area contributed by atoms with Crippen LogP contribution < -0.4 is 4.90 Å². The molecule has 1 aromatic carbocycles. The van der Waals surface area contributed by atoms with Crippen molar-refractivity contribution in [3.63, 3.8) is 0 Å². The molecule has 1 N–H and O–H groups in total. The number of rotatable bonds is 6. The molecule has 0 bridgehead atoms. The van der Waals surface area contributed by atoms with Crippen LogP contribution in [0.25, 0.3) is 0 Å². The lowest BCUT2D eigenvalue weighted by Gasteiger charge is -2.31. The van der Waals surface area contributed by atoms with Crippen LogP contribution in [0.15, 0.2) is 41.0 Å². The van der Waals surface area contributed by atoms with E-state index in [0.717, 1.165) is 36.9 Å². The van der Waals surface area contributed by atoms with Crippen LogP contribution in [0, 0.1) is 0 Å². The molecule has 0 spiro atoms. The fourth-order valence-electron chi connectivity index (χ4n) is 3.40. The molecule has 0 saturated carbocycles.